The molecule has 0 aliphatic rings. The van der Waals surface area contributed by atoms with Gasteiger partial charge in [0.05, 0.1) is 40.2 Å². The Morgan fingerprint density at radius 2 is 1.89 bits per heavy atom. The highest BCUT2D eigenvalue weighted by Crippen LogP contribution is 1.98. The topological polar surface area (TPSA) is 83.5 Å². The van der Waals surface area contributed by atoms with Gasteiger partial charge in [-0.15, -0.1) is 0 Å². The van der Waals surface area contributed by atoms with Crippen molar-refractivity contribution in [2.75, 3.05) is 33.8 Å². The highest BCUT2D eigenvalue weighted by molar-refractivity contribution is 7.80. The van der Waals surface area contributed by atoms with Crippen molar-refractivity contribution < 1.29 is 26.4 Å². The Morgan fingerprint density at radius 3 is 2.11 bits per heavy atom. The fourth-order valence-corrected chi connectivity index (χ4v) is 1.11. The number of carbonyl (C=O) groups is 1. The van der Waals surface area contributed by atoms with E-state index in [-0.39, 0.29) is 12.4 Å². The van der Waals surface area contributed by atoms with E-state index in [0.29, 0.717) is 6.42 Å². The molecule has 108 valence electrons. The molecule has 7 heteroatoms. The number of rotatable bonds is 7. The van der Waals surface area contributed by atoms with Gasteiger partial charge in [0.2, 0.25) is 10.4 Å². The van der Waals surface area contributed by atoms with Crippen LogP contribution in [0, 0.1) is 0 Å². The van der Waals surface area contributed by atoms with Crippen molar-refractivity contribution in [1.82, 2.24) is 0 Å². The molecule has 0 saturated heterocycles. The molecule has 0 amide bonds. The van der Waals surface area contributed by atoms with E-state index in [1.807, 2.05) is 0 Å². The van der Waals surface area contributed by atoms with E-state index in [0.717, 1.165) is 17.6 Å². The number of hydrogen-bond acceptors (Lipinski definition) is 5. The van der Waals surface area contributed by atoms with E-state index >= 15 is 0 Å². The third-order valence-corrected chi connectivity index (χ3v) is 2.83. The van der Waals surface area contributed by atoms with Crippen molar-refractivity contribution in [3.8, 4) is 0 Å². The quantitative estimate of drug-likeness (QED) is 0.297. The molecule has 18 heavy (non-hydrogen) atoms. The SMILES string of the molecule is C=CC(=O)CC[N+](C)(C)CC.CCOS(=O)(=O)[O-]. The van der Waals surface area contributed by atoms with Gasteiger partial charge in [-0.25, -0.2) is 8.42 Å². The molecule has 0 aliphatic heterocycles. The predicted molar refractivity (Wildman–Crippen MR) is 68.7 cm³/mol. The minimum Gasteiger partial charge on any atom is -0.726 e. The van der Waals surface area contributed by atoms with Crippen molar-refractivity contribution in [3.63, 3.8) is 0 Å². The largest absolute Gasteiger partial charge is 0.726 e. The summed E-state index contributed by atoms with van der Waals surface area (Å²) in [5, 5.41) is 0. The first-order valence-electron chi connectivity index (χ1n) is 5.65. The van der Waals surface area contributed by atoms with Gasteiger partial charge >= 0.3 is 0 Å². The maximum Gasteiger partial charge on any atom is 0.217 e. The van der Waals surface area contributed by atoms with Gasteiger partial charge < -0.3 is 9.04 Å². The van der Waals surface area contributed by atoms with Gasteiger partial charge in [0.25, 0.3) is 0 Å². The van der Waals surface area contributed by atoms with Crippen LogP contribution in [0.15, 0.2) is 12.7 Å². The molecule has 0 heterocycles. The van der Waals surface area contributed by atoms with E-state index in [2.05, 4.69) is 31.8 Å². The third-order valence-electron chi connectivity index (χ3n) is 2.31. The van der Waals surface area contributed by atoms with Gasteiger partial charge in [0.15, 0.2) is 5.78 Å². The monoisotopic (exact) mass is 281 g/mol. The predicted octanol–water partition coefficient (Wildman–Crippen LogP) is 0.711. The average molecular weight is 281 g/mol. The molecular weight excluding hydrogens is 258 g/mol. The van der Waals surface area contributed by atoms with Crippen LogP contribution >= 0.6 is 0 Å². The van der Waals surface area contributed by atoms with Crippen molar-refractivity contribution in [1.29, 1.82) is 0 Å². The summed E-state index contributed by atoms with van der Waals surface area (Å²) in [6, 6.07) is 0. The summed E-state index contributed by atoms with van der Waals surface area (Å²) in [5.41, 5.74) is 0. The molecular formula is C11H23NO5S. The van der Waals surface area contributed by atoms with Gasteiger partial charge in [-0.1, -0.05) is 6.58 Å². The number of nitrogens with zero attached hydrogens (tertiary/aromatic N) is 1. The molecule has 0 aromatic rings. The van der Waals surface area contributed by atoms with Crippen LogP contribution in [-0.2, 0) is 19.4 Å². The minimum atomic E-state index is -4.42. The summed E-state index contributed by atoms with van der Waals surface area (Å²) in [4.78, 5) is 10.8. The number of ketones is 1. The van der Waals surface area contributed by atoms with E-state index < -0.39 is 10.4 Å². The lowest BCUT2D eigenvalue weighted by molar-refractivity contribution is -0.887. The summed E-state index contributed by atoms with van der Waals surface area (Å²) in [5.74, 6) is 0.143. The number of allylic oxidation sites excluding steroid dienone is 1. The van der Waals surface area contributed by atoms with Crippen LogP contribution in [0.4, 0.5) is 0 Å². The molecule has 6 nitrogen and oxygen atoms in total. The number of quaternary nitrogens is 1. The Hall–Kier alpha value is -0.760. The highest BCUT2D eigenvalue weighted by Gasteiger charge is 2.12. The Labute approximate surface area is 110 Å². The van der Waals surface area contributed by atoms with Gasteiger partial charge in [0, 0.05) is 0 Å². The van der Waals surface area contributed by atoms with Gasteiger partial charge in [-0.2, -0.15) is 0 Å². The molecule has 0 fully saturated rings. The molecule has 0 aromatic heterocycles. The molecule has 0 aromatic carbocycles. The lowest BCUT2D eigenvalue weighted by atomic mass is 10.2. The second-order valence-electron chi connectivity index (χ2n) is 4.21. The summed E-state index contributed by atoms with van der Waals surface area (Å²) in [6.07, 6.45) is 2.01. The standard InChI is InChI=1S/C9H18NO.C2H6O4S/c1-5-9(11)7-8-10(3,4)6-2;1-2-6-7(3,4)5/h5H,1,6-8H2,2-4H3;2H2,1H3,(H,3,4,5)/q+1;/p-1. The van der Waals surface area contributed by atoms with E-state index in [4.69, 9.17) is 0 Å². The average Bonchev–Trinajstić information content (AvgIpc) is 2.25. The first-order chi connectivity index (χ1) is 8.08. The molecule has 0 bridgehead atoms. The summed E-state index contributed by atoms with van der Waals surface area (Å²) < 4.78 is 32.9. The summed E-state index contributed by atoms with van der Waals surface area (Å²) >= 11 is 0. The van der Waals surface area contributed by atoms with Gasteiger partial charge in [-0.3, -0.25) is 8.98 Å². The fraction of sp³-hybridized carbons (Fsp3) is 0.727. The van der Waals surface area contributed by atoms with Crippen LogP contribution in [0.25, 0.3) is 0 Å². The summed E-state index contributed by atoms with van der Waals surface area (Å²) in [7, 11) is -0.181. The van der Waals surface area contributed by atoms with Crippen molar-refractivity contribution in [2.24, 2.45) is 0 Å². The molecule has 0 unspecified atom stereocenters. The zero-order valence-electron chi connectivity index (χ0n) is 11.5. The lowest BCUT2D eigenvalue weighted by Gasteiger charge is -2.27. The molecule has 0 saturated carbocycles. The zero-order valence-corrected chi connectivity index (χ0v) is 12.3. The van der Waals surface area contributed by atoms with Crippen molar-refractivity contribution in [2.45, 2.75) is 20.3 Å². The maximum absolute atomic E-state index is 10.8. The van der Waals surface area contributed by atoms with Crippen LogP contribution in [0.5, 0.6) is 0 Å². The fourth-order valence-electron chi connectivity index (χ4n) is 0.817. The van der Waals surface area contributed by atoms with Crippen LogP contribution in [0.2, 0.25) is 0 Å². The first kappa shape index (κ1) is 19.6. The van der Waals surface area contributed by atoms with Crippen molar-refractivity contribution >= 4 is 16.2 Å². The van der Waals surface area contributed by atoms with Crippen LogP contribution in [0.3, 0.4) is 0 Å². The molecule has 0 radical (unpaired) electrons. The second-order valence-corrected chi connectivity index (χ2v) is 5.26. The van der Waals surface area contributed by atoms with Crippen LogP contribution < -0.4 is 0 Å². The molecule has 0 atom stereocenters. The van der Waals surface area contributed by atoms with Crippen LogP contribution in [0.1, 0.15) is 20.3 Å². The van der Waals surface area contributed by atoms with Gasteiger partial charge in [-0.05, 0) is 19.9 Å². The Kier molecular flexibility index (Phi) is 10.0. The van der Waals surface area contributed by atoms with E-state index in [1.165, 1.54) is 13.0 Å². The third kappa shape index (κ3) is 15.2. The number of hydrogen-bond donors (Lipinski definition) is 0. The Bertz CT molecular complexity index is 348. The number of carbonyl (C=O) groups excluding carboxylic acids is 1. The van der Waals surface area contributed by atoms with Crippen molar-refractivity contribution in [3.05, 3.63) is 12.7 Å². The second kappa shape index (κ2) is 9.21. The highest BCUT2D eigenvalue weighted by atomic mass is 32.3. The molecule has 0 N–H and O–H groups in total. The van der Waals surface area contributed by atoms with Crippen LogP contribution in [-0.4, -0.2) is 57.0 Å². The molecule has 0 aliphatic carbocycles. The van der Waals surface area contributed by atoms with E-state index in [1.54, 1.807) is 0 Å². The zero-order chi connectivity index (χ0) is 14.8. The van der Waals surface area contributed by atoms with E-state index in [9.17, 15) is 17.8 Å². The summed E-state index contributed by atoms with van der Waals surface area (Å²) in [6.45, 7) is 8.85. The normalized spacial score (nSPS) is 11.4. The van der Waals surface area contributed by atoms with Gasteiger partial charge in [0.1, 0.15) is 0 Å². The lowest BCUT2D eigenvalue weighted by Crippen LogP contribution is -2.40. The smallest absolute Gasteiger partial charge is 0.217 e. The maximum atomic E-state index is 10.8. The molecule has 0 rings (SSSR count). The Balaban J connectivity index is 0. The Morgan fingerprint density at radius 1 is 1.39 bits per heavy atom. The first-order valence-corrected chi connectivity index (χ1v) is 6.98. The molecule has 0 spiro atoms. The minimum absolute atomic E-state index is 0.0914.